The highest BCUT2D eigenvalue weighted by Gasteiger charge is 2.29. The minimum atomic E-state index is -0.206. The molecule has 0 spiro atoms. The van der Waals surface area contributed by atoms with Gasteiger partial charge in [0.05, 0.1) is 10.7 Å². The number of rotatable bonds is 5. The van der Waals surface area contributed by atoms with E-state index in [0.717, 1.165) is 53.7 Å². The van der Waals surface area contributed by atoms with E-state index in [2.05, 4.69) is 16.5 Å². The molecule has 0 bridgehead atoms. The Morgan fingerprint density at radius 2 is 2.17 bits per heavy atom. The second kappa shape index (κ2) is 8.66. The predicted octanol–water partition coefficient (Wildman–Crippen LogP) is 3.75. The van der Waals surface area contributed by atoms with Crippen LogP contribution >= 0.6 is 11.3 Å². The van der Waals surface area contributed by atoms with Crippen molar-refractivity contribution in [3.63, 3.8) is 0 Å². The first-order valence-electron chi connectivity index (χ1n) is 9.75. The summed E-state index contributed by atoms with van der Waals surface area (Å²) in [5.74, 6) is 3.77. The van der Waals surface area contributed by atoms with Crippen molar-refractivity contribution in [3.05, 3.63) is 45.9 Å². The molecule has 0 radical (unpaired) electrons. The summed E-state index contributed by atoms with van der Waals surface area (Å²) in [6, 6.07) is 7.73. The molecule has 29 heavy (non-hydrogen) atoms. The van der Waals surface area contributed by atoms with Gasteiger partial charge in [0.15, 0.2) is 6.10 Å². The van der Waals surface area contributed by atoms with Gasteiger partial charge in [-0.1, -0.05) is 29.3 Å². The van der Waals surface area contributed by atoms with Crippen molar-refractivity contribution in [1.82, 2.24) is 9.88 Å². The monoisotopic (exact) mass is 409 g/mol. The number of hydrogen-bond donors (Lipinski definition) is 0. The van der Waals surface area contributed by atoms with Crippen LogP contribution in [0.15, 0.2) is 34.8 Å². The van der Waals surface area contributed by atoms with Gasteiger partial charge in [-0.15, -0.1) is 17.8 Å². The van der Waals surface area contributed by atoms with Gasteiger partial charge in [0, 0.05) is 43.3 Å². The third-order valence-corrected chi connectivity index (χ3v) is 6.36. The van der Waals surface area contributed by atoms with Crippen molar-refractivity contribution in [3.8, 4) is 18.1 Å². The van der Waals surface area contributed by atoms with E-state index in [1.54, 1.807) is 18.3 Å². The number of terminal acetylenes is 1. The molecule has 3 heterocycles. The molecular weight excluding hydrogens is 386 g/mol. The Morgan fingerprint density at radius 3 is 2.93 bits per heavy atom. The van der Waals surface area contributed by atoms with Crippen molar-refractivity contribution in [2.45, 2.75) is 38.2 Å². The van der Waals surface area contributed by atoms with Gasteiger partial charge in [-0.2, -0.15) is 0 Å². The largest absolute Gasteiger partial charge is 0.481 e. The zero-order chi connectivity index (χ0) is 20.2. The number of oxime groups is 1. The first-order chi connectivity index (χ1) is 14.2. The lowest BCUT2D eigenvalue weighted by Crippen LogP contribution is -2.36. The highest BCUT2D eigenvalue weighted by atomic mass is 32.1. The molecule has 2 aliphatic rings. The number of benzene rings is 1. The van der Waals surface area contributed by atoms with Crippen LogP contribution in [0.25, 0.3) is 0 Å². The molecule has 2 aliphatic heterocycles. The van der Waals surface area contributed by atoms with Crippen LogP contribution in [0.3, 0.4) is 0 Å². The fourth-order valence-electron chi connectivity index (χ4n) is 3.74. The number of nitrogens with zero attached hydrogens (tertiary/aromatic N) is 3. The minimum Gasteiger partial charge on any atom is -0.481 e. The molecule has 150 valence electrons. The van der Waals surface area contributed by atoms with Crippen LogP contribution in [0, 0.1) is 12.3 Å². The van der Waals surface area contributed by atoms with E-state index in [1.165, 1.54) is 0 Å². The summed E-state index contributed by atoms with van der Waals surface area (Å²) in [5, 5.41) is 7.46. The van der Waals surface area contributed by atoms with E-state index in [1.807, 2.05) is 29.2 Å². The smallest absolute Gasteiger partial charge is 0.219 e. The van der Waals surface area contributed by atoms with Crippen LogP contribution in [-0.2, 0) is 9.63 Å². The Balaban J connectivity index is 1.41. The summed E-state index contributed by atoms with van der Waals surface area (Å²) in [6.45, 7) is 3.45. The van der Waals surface area contributed by atoms with Gasteiger partial charge in [0.25, 0.3) is 0 Å². The molecule has 1 unspecified atom stereocenters. The fraction of sp³-hybridized carbons (Fsp3) is 0.409. The van der Waals surface area contributed by atoms with Gasteiger partial charge in [0.1, 0.15) is 18.1 Å². The maximum absolute atomic E-state index is 11.5. The fourth-order valence-corrected chi connectivity index (χ4v) is 4.74. The average Bonchev–Trinajstić information content (AvgIpc) is 3.42. The standard InChI is InChI=1S/C22H23N3O3S/c1-3-12-27-20-7-5-4-6-17(20)21-13-18(24-28-21)19-14-29-22(23-19)16-8-10-25(11-9-16)15(2)26/h1,4-7,14,16,21H,8-13H2,2H3. The van der Waals surface area contributed by atoms with Gasteiger partial charge >= 0.3 is 0 Å². The quantitative estimate of drug-likeness (QED) is 0.706. The molecule has 1 aromatic heterocycles. The third-order valence-electron chi connectivity index (χ3n) is 5.35. The molecule has 1 fully saturated rings. The van der Waals surface area contributed by atoms with Gasteiger partial charge in [-0.05, 0) is 18.9 Å². The summed E-state index contributed by atoms with van der Waals surface area (Å²) >= 11 is 1.67. The summed E-state index contributed by atoms with van der Waals surface area (Å²) in [5.41, 5.74) is 2.67. The van der Waals surface area contributed by atoms with E-state index in [4.69, 9.17) is 21.0 Å². The maximum Gasteiger partial charge on any atom is 0.219 e. The number of hydrogen-bond acceptors (Lipinski definition) is 6. The summed E-state index contributed by atoms with van der Waals surface area (Å²) in [4.78, 5) is 24.0. The number of ether oxygens (including phenoxy) is 1. The van der Waals surface area contributed by atoms with Crippen molar-refractivity contribution < 1.29 is 14.4 Å². The number of aromatic nitrogens is 1. The summed E-state index contributed by atoms with van der Waals surface area (Å²) < 4.78 is 5.64. The van der Waals surface area contributed by atoms with Gasteiger partial charge < -0.3 is 14.5 Å². The first-order valence-corrected chi connectivity index (χ1v) is 10.6. The molecule has 7 heteroatoms. The lowest BCUT2D eigenvalue weighted by molar-refractivity contribution is -0.129. The number of para-hydroxylation sites is 1. The topological polar surface area (TPSA) is 64.0 Å². The third kappa shape index (κ3) is 4.28. The number of carbonyl (C=O) groups is 1. The predicted molar refractivity (Wildman–Crippen MR) is 112 cm³/mol. The highest BCUT2D eigenvalue weighted by molar-refractivity contribution is 7.10. The van der Waals surface area contributed by atoms with Crippen molar-refractivity contribution in [2.24, 2.45) is 5.16 Å². The van der Waals surface area contributed by atoms with Crippen LogP contribution in [0.2, 0.25) is 0 Å². The molecule has 1 saturated heterocycles. The SMILES string of the molecule is C#CCOc1ccccc1C1CC(c2csc(C3CCN(C(C)=O)CC3)n2)=NO1. The van der Waals surface area contributed by atoms with Crippen LogP contribution in [0.4, 0.5) is 0 Å². The Morgan fingerprint density at radius 1 is 1.38 bits per heavy atom. The van der Waals surface area contributed by atoms with Crippen LogP contribution in [0.1, 0.15) is 54.5 Å². The van der Waals surface area contributed by atoms with Crippen molar-refractivity contribution >= 4 is 23.0 Å². The molecule has 0 N–H and O–H groups in total. The minimum absolute atomic E-state index is 0.151. The Hall–Kier alpha value is -2.85. The Kier molecular flexibility index (Phi) is 5.81. The molecule has 1 atom stereocenters. The van der Waals surface area contributed by atoms with Gasteiger partial charge in [-0.3, -0.25) is 4.79 Å². The number of carbonyl (C=O) groups excluding carboxylic acids is 1. The summed E-state index contributed by atoms with van der Waals surface area (Å²) in [7, 11) is 0. The van der Waals surface area contributed by atoms with E-state index in [9.17, 15) is 4.79 Å². The zero-order valence-electron chi connectivity index (χ0n) is 16.3. The van der Waals surface area contributed by atoms with Crippen LogP contribution in [0.5, 0.6) is 5.75 Å². The number of amides is 1. The molecule has 2 aromatic rings. The molecule has 4 rings (SSSR count). The average molecular weight is 410 g/mol. The summed E-state index contributed by atoms with van der Waals surface area (Å²) in [6.07, 6.45) is 7.66. The number of likely N-dealkylation sites (tertiary alicyclic amines) is 1. The van der Waals surface area contributed by atoms with Crippen molar-refractivity contribution in [1.29, 1.82) is 0 Å². The molecule has 0 saturated carbocycles. The molecule has 1 aromatic carbocycles. The van der Waals surface area contributed by atoms with Crippen molar-refractivity contribution in [2.75, 3.05) is 19.7 Å². The van der Waals surface area contributed by atoms with E-state index in [-0.39, 0.29) is 18.6 Å². The lowest BCUT2D eigenvalue weighted by atomic mass is 9.97. The second-order valence-corrected chi connectivity index (χ2v) is 8.11. The Bertz CT molecular complexity index is 954. The molecule has 6 nitrogen and oxygen atoms in total. The molecular formula is C22H23N3O3S. The zero-order valence-corrected chi connectivity index (χ0v) is 17.2. The second-order valence-electron chi connectivity index (χ2n) is 7.22. The van der Waals surface area contributed by atoms with Gasteiger partial charge in [0.2, 0.25) is 5.91 Å². The normalized spacial score (nSPS) is 19.4. The maximum atomic E-state index is 11.5. The number of thiazole rings is 1. The van der Waals surface area contributed by atoms with E-state index >= 15 is 0 Å². The first kappa shape index (κ1) is 19.5. The lowest BCUT2D eigenvalue weighted by Gasteiger charge is -2.30. The van der Waals surface area contributed by atoms with E-state index in [0.29, 0.717) is 12.3 Å². The van der Waals surface area contributed by atoms with Gasteiger partial charge in [-0.25, -0.2) is 4.98 Å². The van der Waals surface area contributed by atoms with Crippen LogP contribution < -0.4 is 4.74 Å². The van der Waals surface area contributed by atoms with Crippen LogP contribution in [-0.4, -0.2) is 41.2 Å². The van der Waals surface area contributed by atoms with E-state index < -0.39 is 0 Å². The number of piperidine rings is 1. The Labute approximate surface area is 174 Å². The molecule has 1 amide bonds. The molecule has 0 aliphatic carbocycles. The highest BCUT2D eigenvalue weighted by Crippen LogP contribution is 2.36.